The van der Waals surface area contributed by atoms with Crippen LogP contribution in [0.15, 0.2) is 11.2 Å². The summed E-state index contributed by atoms with van der Waals surface area (Å²) in [6.07, 6.45) is 2.71. The molecule has 0 spiro atoms. The summed E-state index contributed by atoms with van der Waals surface area (Å²) >= 11 is 1.04. The molecule has 1 aromatic rings. The third kappa shape index (κ3) is 7.29. The Morgan fingerprint density at radius 1 is 1.12 bits per heavy atom. The van der Waals surface area contributed by atoms with Crippen molar-refractivity contribution < 1.29 is 27.5 Å². The highest BCUT2D eigenvalue weighted by Gasteiger charge is 2.41. The molecule has 10 nitrogen and oxygen atoms in total. The van der Waals surface area contributed by atoms with Crippen molar-refractivity contribution in [1.82, 2.24) is 4.90 Å². The Hall–Kier alpha value is -2.78. The Balaban J connectivity index is 1.64. The molecule has 3 amide bonds. The number of likely N-dealkylation sites (tertiary alicyclic amines) is 1. The molecule has 218 valence electrons. The number of hydrogen-bond acceptors (Lipinski definition) is 8. The van der Waals surface area contributed by atoms with Gasteiger partial charge in [0.25, 0.3) is 0 Å². The van der Waals surface area contributed by atoms with E-state index in [1.54, 1.807) is 11.0 Å². The minimum atomic E-state index is -3.20. The third-order valence-corrected chi connectivity index (χ3v) is 10.4. The van der Waals surface area contributed by atoms with E-state index < -0.39 is 34.0 Å². The van der Waals surface area contributed by atoms with E-state index in [9.17, 15) is 27.7 Å². The Morgan fingerprint density at radius 2 is 1.82 bits per heavy atom. The molecule has 1 saturated carbocycles. The van der Waals surface area contributed by atoms with Gasteiger partial charge in [0.15, 0.2) is 9.84 Å². The van der Waals surface area contributed by atoms with Crippen molar-refractivity contribution in [2.24, 2.45) is 22.4 Å². The summed E-state index contributed by atoms with van der Waals surface area (Å²) in [6.45, 7) is 8.51. The van der Waals surface area contributed by atoms with Crippen LogP contribution >= 0.6 is 11.3 Å². The fourth-order valence-electron chi connectivity index (χ4n) is 5.45. The van der Waals surface area contributed by atoms with Crippen molar-refractivity contribution >= 4 is 44.8 Å². The molecular formula is C28H37N3O7S2. The largest absolute Gasteiger partial charge is 0.445 e. The standard InChI is InChI=1S/C28H37N3O7S2/c1-18-5-7-19(8-6-18)26(33)31(23-15-22(9-12-28(2,3)4)39-24(23)25(32)29-35)20-10-13-30(16-20)27(34)38-21-11-14-40(36,37)17-21/h15,18-21H,5-8,10-11,13-14,16-17H2,1-4H3/t18?,19?,20-,21?/m0/s1. The fourth-order valence-corrected chi connectivity index (χ4v) is 7.92. The summed E-state index contributed by atoms with van der Waals surface area (Å²) < 4.78 is 29.1. The Bertz CT molecular complexity index is 1330. The van der Waals surface area contributed by atoms with Gasteiger partial charge in [-0.1, -0.05) is 18.8 Å². The lowest BCUT2D eigenvalue weighted by atomic mass is 9.82. The highest BCUT2D eigenvalue weighted by molar-refractivity contribution is 7.91. The van der Waals surface area contributed by atoms with Crippen LogP contribution < -0.4 is 4.90 Å². The van der Waals surface area contributed by atoms with Crippen LogP contribution in [0.1, 0.15) is 80.8 Å². The van der Waals surface area contributed by atoms with Crippen molar-refractivity contribution in [3.63, 3.8) is 0 Å². The van der Waals surface area contributed by atoms with Gasteiger partial charge in [-0.05, 0) is 71.3 Å². The van der Waals surface area contributed by atoms with Crippen LogP contribution in [-0.4, -0.2) is 68.0 Å². The number of nitroso groups, excluding NO2 is 1. The predicted molar refractivity (Wildman–Crippen MR) is 153 cm³/mol. The van der Waals surface area contributed by atoms with Crippen LogP contribution in [0.3, 0.4) is 0 Å². The van der Waals surface area contributed by atoms with Gasteiger partial charge >= 0.3 is 12.0 Å². The van der Waals surface area contributed by atoms with Gasteiger partial charge in [-0.15, -0.1) is 16.2 Å². The molecule has 40 heavy (non-hydrogen) atoms. The molecule has 2 atom stereocenters. The van der Waals surface area contributed by atoms with Crippen LogP contribution in [0.2, 0.25) is 0 Å². The van der Waals surface area contributed by atoms with Gasteiger partial charge < -0.3 is 14.5 Å². The summed E-state index contributed by atoms with van der Waals surface area (Å²) in [5.41, 5.74) is 0.00906. The first-order valence-electron chi connectivity index (χ1n) is 13.8. The smallest absolute Gasteiger partial charge is 0.410 e. The number of ether oxygens (including phenoxy) is 1. The van der Waals surface area contributed by atoms with Crippen molar-refractivity contribution in [3.8, 4) is 11.8 Å². The van der Waals surface area contributed by atoms with Gasteiger partial charge in [-0.25, -0.2) is 13.2 Å². The van der Waals surface area contributed by atoms with Crippen molar-refractivity contribution in [1.29, 1.82) is 0 Å². The maximum absolute atomic E-state index is 14.1. The molecule has 0 aromatic carbocycles. The van der Waals surface area contributed by atoms with Gasteiger partial charge in [0, 0.05) is 29.6 Å². The lowest BCUT2D eigenvalue weighted by Gasteiger charge is -2.34. The first-order chi connectivity index (χ1) is 18.8. The van der Waals surface area contributed by atoms with E-state index in [2.05, 4.69) is 23.9 Å². The SMILES string of the molecule is CC1CCC(C(=O)N(c2cc(C#CC(C)(C)C)sc2C(=O)N=O)[C@H]2CCN(C(=O)OC3CCS(=O)(=O)C3)C2)CC1. The molecule has 1 aromatic heterocycles. The molecule has 3 aliphatic rings. The van der Waals surface area contributed by atoms with E-state index in [-0.39, 0.29) is 46.6 Å². The number of nitrogens with zero attached hydrogens (tertiary/aromatic N) is 3. The van der Waals surface area contributed by atoms with E-state index in [0.29, 0.717) is 29.4 Å². The number of hydrogen-bond donors (Lipinski definition) is 0. The van der Waals surface area contributed by atoms with Crippen molar-refractivity contribution in [3.05, 3.63) is 20.7 Å². The van der Waals surface area contributed by atoms with Crippen LogP contribution in [0.25, 0.3) is 0 Å². The summed E-state index contributed by atoms with van der Waals surface area (Å²) in [7, 11) is -3.20. The molecule has 0 radical (unpaired) electrons. The van der Waals surface area contributed by atoms with E-state index in [1.807, 2.05) is 20.8 Å². The number of thiophene rings is 1. The minimum Gasteiger partial charge on any atom is -0.445 e. The molecule has 4 rings (SSSR count). The molecular weight excluding hydrogens is 554 g/mol. The van der Waals surface area contributed by atoms with Gasteiger partial charge in [0.1, 0.15) is 11.0 Å². The van der Waals surface area contributed by atoms with E-state index in [0.717, 1.165) is 37.0 Å². The average Bonchev–Trinajstić information content (AvgIpc) is 3.61. The summed E-state index contributed by atoms with van der Waals surface area (Å²) in [6, 6.07) is 1.22. The van der Waals surface area contributed by atoms with E-state index in [1.165, 1.54) is 4.90 Å². The maximum atomic E-state index is 14.1. The number of rotatable bonds is 5. The number of sulfone groups is 1. The van der Waals surface area contributed by atoms with Crippen molar-refractivity contribution in [2.45, 2.75) is 78.4 Å². The topological polar surface area (TPSA) is 130 Å². The summed E-state index contributed by atoms with van der Waals surface area (Å²) in [4.78, 5) is 54.6. The summed E-state index contributed by atoms with van der Waals surface area (Å²) in [5.74, 6) is 5.21. The van der Waals surface area contributed by atoms with Crippen LogP contribution in [0, 0.1) is 34.0 Å². The second-order valence-electron chi connectivity index (χ2n) is 12.2. The molecule has 3 fully saturated rings. The van der Waals surface area contributed by atoms with Crippen LogP contribution in [-0.2, 0) is 19.4 Å². The lowest BCUT2D eigenvalue weighted by molar-refractivity contribution is -0.124. The molecule has 2 aliphatic heterocycles. The molecule has 1 unspecified atom stereocenters. The Kier molecular flexibility index (Phi) is 9.05. The average molecular weight is 592 g/mol. The first kappa shape index (κ1) is 30.2. The molecule has 12 heteroatoms. The van der Waals surface area contributed by atoms with Gasteiger partial charge in [-0.3, -0.25) is 9.59 Å². The monoisotopic (exact) mass is 591 g/mol. The van der Waals surface area contributed by atoms with E-state index >= 15 is 0 Å². The zero-order valence-corrected chi connectivity index (χ0v) is 25.1. The zero-order valence-electron chi connectivity index (χ0n) is 23.5. The number of amides is 3. The second kappa shape index (κ2) is 12.0. The number of carbonyl (C=O) groups excluding carboxylic acids is 3. The third-order valence-electron chi connectivity index (χ3n) is 7.66. The minimum absolute atomic E-state index is 0.00394. The van der Waals surface area contributed by atoms with Crippen LogP contribution in [0.5, 0.6) is 0 Å². The lowest BCUT2D eigenvalue weighted by Crippen LogP contribution is -2.47. The van der Waals surface area contributed by atoms with Crippen LogP contribution in [0.4, 0.5) is 10.5 Å². The zero-order chi connectivity index (χ0) is 29.2. The maximum Gasteiger partial charge on any atom is 0.410 e. The predicted octanol–water partition coefficient (Wildman–Crippen LogP) is 4.61. The second-order valence-corrected chi connectivity index (χ2v) is 15.5. The molecule has 3 heterocycles. The Labute approximate surface area is 239 Å². The summed E-state index contributed by atoms with van der Waals surface area (Å²) in [5, 5.41) is 2.65. The molecule has 2 saturated heterocycles. The van der Waals surface area contributed by atoms with Gasteiger partial charge in [0.05, 0.1) is 28.1 Å². The van der Waals surface area contributed by atoms with Crippen molar-refractivity contribution in [2.75, 3.05) is 29.5 Å². The molecule has 1 aliphatic carbocycles. The normalized spacial score (nSPS) is 26.1. The quantitative estimate of drug-likeness (QED) is 0.361. The number of anilines is 1. The van der Waals surface area contributed by atoms with Gasteiger partial charge in [-0.2, -0.15) is 0 Å². The first-order valence-corrected chi connectivity index (χ1v) is 16.4. The van der Waals surface area contributed by atoms with Gasteiger partial charge in [0.2, 0.25) is 5.91 Å². The number of carbonyl (C=O) groups is 3. The highest BCUT2D eigenvalue weighted by Crippen LogP contribution is 2.38. The van der Waals surface area contributed by atoms with E-state index in [4.69, 9.17) is 4.74 Å². The fraction of sp³-hybridized carbons (Fsp3) is 0.679. The molecule has 0 N–H and O–H groups in total. The Morgan fingerprint density at radius 3 is 2.42 bits per heavy atom. The molecule has 0 bridgehead atoms. The highest BCUT2D eigenvalue weighted by atomic mass is 32.2.